The molecule has 2 atom stereocenters. The van der Waals surface area contributed by atoms with Crippen LogP contribution in [-0.4, -0.2) is 42.5 Å². The fourth-order valence-electron chi connectivity index (χ4n) is 3.51. The molecule has 0 aliphatic carbocycles. The van der Waals surface area contributed by atoms with Gasteiger partial charge in [0.1, 0.15) is 0 Å². The summed E-state index contributed by atoms with van der Waals surface area (Å²) in [5, 5.41) is 6.55. The standard InChI is InChI=1S/C17H25N3O/c1-2-10-18-14-7-5-13(6-8-14)17(21)19-15-9-12-20-11-3-4-16(15)20/h5-8,15-16,18H,2-4,9-12H2,1H3,(H,19,21). The monoisotopic (exact) mass is 287 g/mol. The average Bonchev–Trinajstić information content (AvgIpc) is 3.10. The third-order valence-corrected chi connectivity index (χ3v) is 4.65. The van der Waals surface area contributed by atoms with Gasteiger partial charge in [0.05, 0.1) is 0 Å². The predicted octanol–water partition coefficient (Wildman–Crippen LogP) is 2.48. The van der Waals surface area contributed by atoms with Gasteiger partial charge in [0.25, 0.3) is 5.91 Å². The van der Waals surface area contributed by atoms with E-state index in [4.69, 9.17) is 0 Å². The summed E-state index contributed by atoms with van der Waals surface area (Å²) in [4.78, 5) is 14.9. The smallest absolute Gasteiger partial charge is 0.251 e. The van der Waals surface area contributed by atoms with Gasteiger partial charge in [-0.25, -0.2) is 0 Å². The molecule has 3 rings (SSSR count). The van der Waals surface area contributed by atoms with Crippen LogP contribution < -0.4 is 10.6 Å². The molecule has 2 aliphatic heterocycles. The van der Waals surface area contributed by atoms with Gasteiger partial charge in [0.15, 0.2) is 0 Å². The van der Waals surface area contributed by atoms with Crippen molar-refractivity contribution in [2.24, 2.45) is 0 Å². The number of nitrogens with one attached hydrogen (secondary N) is 2. The van der Waals surface area contributed by atoms with E-state index in [1.165, 1.54) is 19.4 Å². The Kier molecular flexibility index (Phi) is 4.44. The van der Waals surface area contributed by atoms with Crippen molar-refractivity contribution in [2.75, 3.05) is 25.0 Å². The molecule has 2 heterocycles. The summed E-state index contributed by atoms with van der Waals surface area (Å²) in [6.45, 7) is 5.44. The Labute approximate surface area is 126 Å². The molecule has 2 fully saturated rings. The highest BCUT2D eigenvalue weighted by atomic mass is 16.1. The lowest BCUT2D eigenvalue weighted by atomic mass is 10.1. The van der Waals surface area contributed by atoms with Gasteiger partial charge in [-0.1, -0.05) is 6.92 Å². The largest absolute Gasteiger partial charge is 0.385 e. The predicted molar refractivity (Wildman–Crippen MR) is 85.7 cm³/mol. The van der Waals surface area contributed by atoms with Crippen molar-refractivity contribution in [3.63, 3.8) is 0 Å². The third-order valence-electron chi connectivity index (χ3n) is 4.65. The lowest BCUT2D eigenvalue weighted by Gasteiger charge is -2.21. The minimum Gasteiger partial charge on any atom is -0.385 e. The molecule has 0 radical (unpaired) electrons. The minimum atomic E-state index is 0.0655. The maximum absolute atomic E-state index is 12.4. The Morgan fingerprint density at radius 1 is 1.24 bits per heavy atom. The quantitative estimate of drug-likeness (QED) is 0.874. The lowest BCUT2D eigenvalue weighted by Crippen LogP contribution is -2.42. The first-order chi connectivity index (χ1) is 10.3. The van der Waals surface area contributed by atoms with Crippen LogP contribution in [0.1, 0.15) is 43.0 Å². The molecule has 2 N–H and O–H groups in total. The van der Waals surface area contributed by atoms with Crippen molar-refractivity contribution >= 4 is 11.6 Å². The van der Waals surface area contributed by atoms with E-state index in [0.717, 1.165) is 37.2 Å². The van der Waals surface area contributed by atoms with Crippen LogP contribution in [0.25, 0.3) is 0 Å². The number of rotatable bonds is 5. The third kappa shape index (κ3) is 3.21. The molecule has 2 saturated heterocycles. The summed E-state index contributed by atoms with van der Waals surface area (Å²) in [7, 11) is 0. The fraction of sp³-hybridized carbons (Fsp3) is 0.588. The summed E-state index contributed by atoms with van der Waals surface area (Å²) < 4.78 is 0. The van der Waals surface area contributed by atoms with Crippen molar-refractivity contribution in [3.8, 4) is 0 Å². The molecule has 114 valence electrons. The molecule has 1 amide bonds. The zero-order valence-electron chi connectivity index (χ0n) is 12.8. The summed E-state index contributed by atoms with van der Waals surface area (Å²) in [5.74, 6) is 0.0655. The molecule has 0 bridgehead atoms. The van der Waals surface area contributed by atoms with Gasteiger partial charge in [-0.15, -0.1) is 0 Å². The second-order valence-corrected chi connectivity index (χ2v) is 6.12. The van der Waals surface area contributed by atoms with Crippen molar-refractivity contribution < 1.29 is 4.79 Å². The van der Waals surface area contributed by atoms with Crippen LogP contribution in [0.2, 0.25) is 0 Å². The molecule has 2 unspecified atom stereocenters. The van der Waals surface area contributed by atoms with Gasteiger partial charge in [-0.3, -0.25) is 9.69 Å². The van der Waals surface area contributed by atoms with E-state index in [1.54, 1.807) is 0 Å². The van der Waals surface area contributed by atoms with Crippen LogP contribution in [0.3, 0.4) is 0 Å². The van der Waals surface area contributed by atoms with E-state index in [-0.39, 0.29) is 5.91 Å². The number of carbonyl (C=O) groups is 1. The van der Waals surface area contributed by atoms with Crippen LogP contribution in [0.5, 0.6) is 0 Å². The van der Waals surface area contributed by atoms with Gasteiger partial charge in [0.2, 0.25) is 0 Å². The highest BCUT2D eigenvalue weighted by Crippen LogP contribution is 2.28. The van der Waals surface area contributed by atoms with E-state index in [1.807, 2.05) is 24.3 Å². The molecule has 21 heavy (non-hydrogen) atoms. The molecule has 1 aromatic rings. The molecular formula is C17H25N3O. The Hall–Kier alpha value is -1.55. The Balaban J connectivity index is 1.57. The normalized spacial score (nSPS) is 24.8. The van der Waals surface area contributed by atoms with E-state index >= 15 is 0 Å². The molecule has 0 aromatic heterocycles. The fourth-order valence-corrected chi connectivity index (χ4v) is 3.51. The number of anilines is 1. The zero-order valence-corrected chi connectivity index (χ0v) is 12.8. The first-order valence-electron chi connectivity index (χ1n) is 8.17. The van der Waals surface area contributed by atoms with Crippen molar-refractivity contribution in [3.05, 3.63) is 29.8 Å². The van der Waals surface area contributed by atoms with Crippen LogP contribution in [-0.2, 0) is 0 Å². The molecule has 2 aliphatic rings. The summed E-state index contributed by atoms with van der Waals surface area (Å²) >= 11 is 0. The van der Waals surface area contributed by atoms with E-state index in [9.17, 15) is 4.79 Å². The van der Waals surface area contributed by atoms with Crippen molar-refractivity contribution in [1.82, 2.24) is 10.2 Å². The highest BCUT2D eigenvalue weighted by Gasteiger charge is 2.37. The number of nitrogens with zero attached hydrogens (tertiary/aromatic N) is 1. The lowest BCUT2D eigenvalue weighted by molar-refractivity contribution is 0.0929. The first-order valence-corrected chi connectivity index (χ1v) is 8.17. The maximum atomic E-state index is 12.4. The molecule has 0 saturated carbocycles. The van der Waals surface area contributed by atoms with Crippen molar-refractivity contribution in [1.29, 1.82) is 0 Å². The zero-order chi connectivity index (χ0) is 14.7. The Morgan fingerprint density at radius 3 is 2.81 bits per heavy atom. The number of amides is 1. The van der Waals surface area contributed by atoms with Gasteiger partial charge < -0.3 is 10.6 Å². The Morgan fingerprint density at radius 2 is 2.05 bits per heavy atom. The van der Waals surface area contributed by atoms with Crippen LogP contribution in [0.15, 0.2) is 24.3 Å². The molecule has 4 nitrogen and oxygen atoms in total. The summed E-state index contributed by atoms with van der Waals surface area (Å²) in [6.07, 6.45) is 4.69. The first kappa shape index (κ1) is 14.4. The average molecular weight is 287 g/mol. The van der Waals surface area contributed by atoms with Gasteiger partial charge in [-0.05, 0) is 56.5 Å². The van der Waals surface area contributed by atoms with Crippen LogP contribution >= 0.6 is 0 Å². The maximum Gasteiger partial charge on any atom is 0.251 e. The van der Waals surface area contributed by atoms with Gasteiger partial charge in [0, 0.05) is 36.4 Å². The summed E-state index contributed by atoms with van der Waals surface area (Å²) in [5.41, 5.74) is 1.84. The summed E-state index contributed by atoms with van der Waals surface area (Å²) in [6, 6.07) is 8.70. The van der Waals surface area contributed by atoms with E-state index in [0.29, 0.717) is 12.1 Å². The van der Waals surface area contributed by atoms with E-state index in [2.05, 4.69) is 22.5 Å². The second kappa shape index (κ2) is 6.48. The van der Waals surface area contributed by atoms with Crippen LogP contribution in [0.4, 0.5) is 5.69 Å². The molecular weight excluding hydrogens is 262 g/mol. The molecule has 4 heteroatoms. The number of carbonyl (C=O) groups excluding carboxylic acids is 1. The second-order valence-electron chi connectivity index (χ2n) is 6.12. The SMILES string of the molecule is CCCNc1ccc(C(=O)NC2CCN3CCCC23)cc1. The van der Waals surface area contributed by atoms with Gasteiger partial charge in [-0.2, -0.15) is 0 Å². The molecule has 1 aromatic carbocycles. The molecule has 0 spiro atoms. The highest BCUT2D eigenvalue weighted by molar-refractivity contribution is 5.94. The van der Waals surface area contributed by atoms with Gasteiger partial charge >= 0.3 is 0 Å². The number of hydrogen-bond acceptors (Lipinski definition) is 3. The van der Waals surface area contributed by atoms with E-state index < -0.39 is 0 Å². The minimum absolute atomic E-state index is 0.0655. The number of hydrogen-bond donors (Lipinski definition) is 2. The van der Waals surface area contributed by atoms with Crippen molar-refractivity contribution in [2.45, 2.75) is 44.7 Å². The number of fused-ring (bicyclic) bond motifs is 1. The number of benzene rings is 1. The Bertz CT molecular complexity index is 485. The van der Waals surface area contributed by atoms with Crippen LogP contribution in [0, 0.1) is 0 Å². The topological polar surface area (TPSA) is 44.4 Å².